The number of ether oxygens (including phenoxy) is 1. The lowest BCUT2D eigenvalue weighted by atomic mass is 9.74. The number of rotatable bonds is 5. The minimum absolute atomic E-state index is 0.514. The predicted molar refractivity (Wildman–Crippen MR) is 88.1 cm³/mol. The van der Waals surface area contributed by atoms with Crippen molar-refractivity contribution in [1.82, 2.24) is 0 Å². The van der Waals surface area contributed by atoms with E-state index in [0.717, 1.165) is 30.1 Å². The fourth-order valence-corrected chi connectivity index (χ4v) is 3.59. The third-order valence-electron chi connectivity index (χ3n) is 5.35. The molecular weight excluding hydrogens is 262 g/mol. The Kier molecular flexibility index (Phi) is 5.15. The second-order valence-electron chi connectivity index (χ2n) is 6.26. The van der Waals surface area contributed by atoms with Gasteiger partial charge in [0.1, 0.15) is 5.75 Å². The molecule has 1 saturated heterocycles. The lowest BCUT2D eigenvalue weighted by molar-refractivity contribution is 0.189. The molecular formula is C18H29NO2. The quantitative estimate of drug-likeness (QED) is 0.884. The number of aliphatic hydroxyl groups excluding tert-OH is 1. The summed E-state index contributed by atoms with van der Waals surface area (Å²) in [6, 6.07) is 6.05. The van der Waals surface area contributed by atoms with Crippen LogP contribution in [0.3, 0.4) is 0 Å². The van der Waals surface area contributed by atoms with Crippen LogP contribution in [0.15, 0.2) is 18.2 Å². The Morgan fingerprint density at radius 2 is 1.86 bits per heavy atom. The summed E-state index contributed by atoms with van der Waals surface area (Å²) in [7, 11) is 1.67. The molecule has 3 nitrogen and oxygen atoms in total. The average molecular weight is 291 g/mol. The van der Waals surface area contributed by atoms with Gasteiger partial charge in [0.25, 0.3) is 0 Å². The summed E-state index contributed by atoms with van der Waals surface area (Å²) in [5.41, 5.74) is 2.56. The lowest BCUT2D eigenvalue weighted by Gasteiger charge is -2.42. The summed E-state index contributed by atoms with van der Waals surface area (Å²) < 4.78 is 5.43. The van der Waals surface area contributed by atoms with Crippen molar-refractivity contribution >= 4 is 5.69 Å². The molecule has 1 atom stereocenters. The summed E-state index contributed by atoms with van der Waals surface area (Å²) in [4.78, 5) is 2.41. The van der Waals surface area contributed by atoms with E-state index < -0.39 is 6.10 Å². The number of benzene rings is 1. The number of hydrogen-bond donors (Lipinski definition) is 1. The van der Waals surface area contributed by atoms with E-state index in [1.54, 1.807) is 7.11 Å². The Labute approximate surface area is 128 Å². The van der Waals surface area contributed by atoms with Crippen molar-refractivity contribution < 1.29 is 9.84 Å². The van der Waals surface area contributed by atoms with Gasteiger partial charge in [-0.2, -0.15) is 0 Å². The molecule has 0 radical (unpaired) electrons. The third-order valence-corrected chi connectivity index (χ3v) is 5.35. The van der Waals surface area contributed by atoms with Gasteiger partial charge in [-0.25, -0.2) is 0 Å². The minimum atomic E-state index is -0.514. The molecule has 1 aliphatic heterocycles. The van der Waals surface area contributed by atoms with E-state index in [9.17, 15) is 5.11 Å². The number of anilines is 1. The van der Waals surface area contributed by atoms with Crippen LogP contribution in [0.5, 0.6) is 5.75 Å². The van der Waals surface area contributed by atoms with E-state index in [4.69, 9.17) is 4.74 Å². The zero-order chi connectivity index (χ0) is 15.5. The molecule has 0 spiro atoms. The predicted octanol–water partition coefficient (Wildman–Crippen LogP) is 4.16. The van der Waals surface area contributed by atoms with Gasteiger partial charge < -0.3 is 14.7 Å². The maximum Gasteiger partial charge on any atom is 0.126 e. The SMILES string of the molecule is CCC1(CC)CCN(c2cccc(OC)c2[C@@H](C)O)CC1. The smallest absolute Gasteiger partial charge is 0.126 e. The van der Waals surface area contributed by atoms with E-state index >= 15 is 0 Å². The van der Waals surface area contributed by atoms with Gasteiger partial charge in [-0.05, 0) is 37.3 Å². The summed E-state index contributed by atoms with van der Waals surface area (Å²) >= 11 is 0. The first-order valence-electron chi connectivity index (χ1n) is 8.17. The molecule has 118 valence electrons. The largest absolute Gasteiger partial charge is 0.496 e. The van der Waals surface area contributed by atoms with E-state index in [1.807, 2.05) is 19.1 Å². The number of piperidine rings is 1. The fraction of sp³-hybridized carbons (Fsp3) is 0.667. The van der Waals surface area contributed by atoms with Crippen molar-refractivity contribution in [3.63, 3.8) is 0 Å². The number of methoxy groups -OCH3 is 1. The molecule has 1 aromatic carbocycles. The van der Waals surface area contributed by atoms with Crippen LogP contribution in [-0.2, 0) is 0 Å². The van der Waals surface area contributed by atoms with Crippen LogP contribution in [0.4, 0.5) is 5.69 Å². The van der Waals surface area contributed by atoms with Crippen molar-refractivity contribution in [3.8, 4) is 5.75 Å². The van der Waals surface area contributed by atoms with Crippen LogP contribution >= 0.6 is 0 Å². The van der Waals surface area contributed by atoms with Gasteiger partial charge in [0.15, 0.2) is 0 Å². The van der Waals surface area contributed by atoms with Crippen LogP contribution < -0.4 is 9.64 Å². The molecule has 0 bridgehead atoms. The highest BCUT2D eigenvalue weighted by Gasteiger charge is 2.32. The molecule has 1 N–H and O–H groups in total. The summed E-state index contributed by atoms with van der Waals surface area (Å²) in [5.74, 6) is 0.783. The fourth-order valence-electron chi connectivity index (χ4n) is 3.59. The minimum Gasteiger partial charge on any atom is -0.496 e. The monoisotopic (exact) mass is 291 g/mol. The maximum atomic E-state index is 10.1. The molecule has 1 aromatic rings. The van der Waals surface area contributed by atoms with Crippen molar-refractivity contribution in [2.75, 3.05) is 25.1 Å². The normalized spacial score (nSPS) is 19.4. The standard InChI is InChI=1S/C18H29NO2/c1-5-18(6-2)10-12-19(13-11-18)15-8-7-9-16(21-4)17(15)14(3)20/h7-9,14,20H,5-6,10-13H2,1-4H3/t14-/m1/s1. The zero-order valence-electron chi connectivity index (χ0n) is 13.9. The molecule has 0 aromatic heterocycles. The highest BCUT2D eigenvalue weighted by atomic mass is 16.5. The Hall–Kier alpha value is -1.22. The van der Waals surface area contributed by atoms with Crippen molar-refractivity contribution in [2.24, 2.45) is 5.41 Å². The van der Waals surface area contributed by atoms with Crippen molar-refractivity contribution in [1.29, 1.82) is 0 Å². The van der Waals surface area contributed by atoms with Crippen molar-refractivity contribution in [3.05, 3.63) is 23.8 Å². The highest BCUT2D eigenvalue weighted by molar-refractivity contribution is 5.60. The number of nitrogens with zero attached hydrogens (tertiary/aromatic N) is 1. The van der Waals surface area contributed by atoms with Gasteiger partial charge in [0, 0.05) is 24.3 Å². The molecule has 0 saturated carbocycles. The number of aliphatic hydroxyl groups is 1. The van der Waals surface area contributed by atoms with Crippen LogP contribution in [-0.4, -0.2) is 25.3 Å². The topological polar surface area (TPSA) is 32.7 Å². The highest BCUT2D eigenvalue weighted by Crippen LogP contribution is 2.41. The van der Waals surface area contributed by atoms with E-state index in [2.05, 4.69) is 24.8 Å². The Bertz CT molecular complexity index is 456. The van der Waals surface area contributed by atoms with Gasteiger partial charge in [-0.1, -0.05) is 32.8 Å². The van der Waals surface area contributed by atoms with Gasteiger partial charge in [-0.3, -0.25) is 0 Å². The first-order chi connectivity index (χ1) is 10.1. The van der Waals surface area contributed by atoms with Gasteiger partial charge in [-0.15, -0.1) is 0 Å². The van der Waals surface area contributed by atoms with Crippen LogP contribution in [0, 0.1) is 5.41 Å². The Morgan fingerprint density at radius 3 is 2.33 bits per heavy atom. The van der Waals surface area contributed by atoms with Crippen molar-refractivity contribution in [2.45, 2.75) is 52.6 Å². The lowest BCUT2D eigenvalue weighted by Crippen LogP contribution is -2.40. The molecule has 21 heavy (non-hydrogen) atoms. The first-order valence-corrected chi connectivity index (χ1v) is 8.17. The second-order valence-corrected chi connectivity index (χ2v) is 6.26. The summed E-state index contributed by atoms with van der Waals surface area (Å²) in [6.07, 6.45) is 4.48. The molecule has 1 heterocycles. The molecule has 2 rings (SSSR count). The second kappa shape index (κ2) is 6.69. The van der Waals surface area contributed by atoms with E-state index in [1.165, 1.54) is 25.7 Å². The molecule has 1 fully saturated rings. The van der Waals surface area contributed by atoms with Crippen LogP contribution in [0.25, 0.3) is 0 Å². The Morgan fingerprint density at radius 1 is 1.24 bits per heavy atom. The molecule has 0 unspecified atom stereocenters. The summed E-state index contributed by atoms with van der Waals surface area (Å²) in [5, 5.41) is 10.1. The average Bonchev–Trinajstić information content (AvgIpc) is 2.54. The summed E-state index contributed by atoms with van der Waals surface area (Å²) in [6.45, 7) is 8.56. The molecule has 1 aliphatic rings. The molecule has 0 aliphatic carbocycles. The van der Waals surface area contributed by atoms with Gasteiger partial charge >= 0.3 is 0 Å². The Balaban J connectivity index is 2.24. The maximum absolute atomic E-state index is 10.1. The molecule has 3 heteroatoms. The van der Waals surface area contributed by atoms with E-state index in [-0.39, 0.29) is 0 Å². The molecule has 0 amide bonds. The van der Waals surface area contributed by atoms with E-state index in [0.29, 0.717) is 5.41 Å². The van der Waals surface area contributed by atoms with Gasteiger partial charge in [0.2, 0.25) is 0 Å². The van der Waals surface area contributed by atoms with Crippen LogP contribution in [0.2, 0.25) is 0 Å². The number of hydrogen-bond acceptors (Lipinski definition) is 3. The first kappa shape index (κ1) is 16.2. The zero-order valence-corrected chi connectivity index (χ0v) is 13.9. The third kappa shape index (κ3) is 3.18. The van der Waals surface area contributed by atoms with Crippen LogP contribution in [0.1, 0.15) is 58.1 Å². The van der Waals surface area contributed by atoms with Gasteiger partial charge in [0.05, 0.1) is 13.2 Å².